The summed E-state index contributed by atoms with van der Waals surface area (Å²) in [5.74, 6) is 0.705. The Labute approximate surface area is 159 Å². The van der Waals surface area contributed by atoms with Gasteiger partial charge in [-0.15, -0.1) is 0 Å². The Balaban J connectivity index is 1.31. The van der Waals surface area contributed by atoms with E-state index in [2.05, 4.69) is 17.4 Å². The molecule has 1 N–H and O–H groups in total. The molecule has 2 amide bonds. The van der Waals surface area contributed by atoms with Gasteiger partial charge in [0.25, 0.3) is 5.91 Å². The lowest BCUT2D eigenvalue weighted by atomic mass is 9.92. The second-order valence-electron chi connectivity index (χ2n) is 7.17. The number of carbonyl (C=O) groups is 2. The van der Waals surface area contributed by atoms with Gasteiger partial charge in [0, 0.05) is 24.3 Å². The molecule has 2 aromatic carbocycles. The van der Waals surface area contributed by atoms with Crippen molar-refractivity contribution in [3.8, 4) is 5.75 Å². The van der Waals surface area contributed by atoms with E-state index in [0.29, 0.717) is 12.1 Å². The Morgan fingerprint density at radius 2 is 1.74 bits per heavy atom. The Bertz CT molecular complexity index is 845. The second-order valence-corrected chi connectivity index (χ2v) is 7.17. The van der Waals surface area contributed by atoms with E-state index in [0.717, 1.165) is 37.2 Å². The minimum absolute atomic E-state index is 0.0227. The summed E-state index contributed by atoms with van der Waals surface area (Å²) in [6.45, 7) is 0.740. The van der Waals surface area contributed by atoms with Gasteiger partial charge in [0.2, 0.25) is 5.91 Å². The molecule has 1 fully saturated rings. The third-order valence-electron chi connectivity index (χ3n) is 5.23. The number of nitrogens with one attached hydrogen (secondary N) is 1. The molecular formula is C22H24N2O3. The van der Waals surface area contributed by atoms with E-state index in [1.54, 1.807) is 4.90 Å². The van der Waals surface area contributed by atoms with Crippen LogP contribution in [0.1, 0.15) is 36.8 Å². The first-order chi connectivity index (χ1) is 13.2. The minimum atomic E-state index is -0.197. The van der Waals surface area contributed by atoms with Crippen molar-refractivity contribution in [1.29, 1.82) is 0 Å². The lowest BCUT2D eigenvalue weighted by molar-refractivity contribution is -0.118. The summed E-state index contributed by atoms with van der Waals surface area (Å²) in [6, 6.07) is 13.5. The Kier molecular flexibility index (Phi) is 5.10. The van der Waals surface area contributed by atoms with E-state index < -0.39 is 0 Å². The highest BCUT2D eigenvalue weighted by atomic mass is 16.5. The van der Waals surface area contributed by atoms with Gasteiger partial charge in [0.1, 0.15) is 5.75 Å². The number of nitrogens with zero attached hydrogens (tertiary/aromatic N) is 1. The molecule has 2 aliphatic rings. The normalized spacial score (nSPS) is 16.1. The molecule has 27 heavy (non-hydrogen) atoms. The number of anilines is 2. The van der Waals surface area contributed by atoms with Gasteiger partial charge < -0.3 is 15.0 Å². The molecule has 0 bridgehead atoms. The van der Waals surface area contributed by atoms with Crippen molar-refractivity contribution in [3.63, 3.8) is 0 Å². The number of fused-ring (bicyclic) bond motifs is 1. The average Bonchev–Trinajstić information content (AvgIpc) is 3.13. The maximum atomic E-state index is 12.2. The Morgan fingerprint density at radius 3 is 2.48 bits per heavy atom. The average molecular weight is 364 g/mol. The predicted molar refractivity (Wildman–Crippen MR) is 105 cm³/mol. The van der Waals surface area contributed by atoms with Gasteiger partial charge in [0.05, 0.1) is 0 Å². The van der Waals surface area contributed by atoms with Crippen LogP contribution in [0.4, 0.5) is 11.4 Å². The molecule has 0 spiro atoms. The van der Waals surface area contributed by atoms with Crippen molar-refractivity contribution in [1.82, 2.24) is 0 Å². The molecule has 0 radical (unpaired) electrons. The summed E-state index contributed by atoms with van der Waals surface area (Å²) in [6.07, 6.45) is 6.20. The van der Waals surface area contributed by atoms with Crippen LogP contribution in [-0.4, -0.2) is 25.0 Å². The van der Waals surface area contributed by atoms with Crippen molar-refractivity contribution in [2.45, 2.75) is 38.5 Å². The molecular weight excluding hydrogens is 340 g/mol. The predicted octanol–water partition coefficient (Wildman–Crippen LogP) is 3.71. The summed E-state index contributed by atoms with van der Waals surface area (Å²) in [5, 5.41) is 2.84. The van der Waals surface area contributed by atoms with Crippen LogP contribution < -0.4 is 15.0 Å². The molecule has 1 aliphatic carbocycles. The van der Waals surface area contributed by atoms with Gasteiger partial charge in [-0.3, -0.25) is 9.59 Å². The van der Waals surface area contributed by atoms with Crippen molar-refractivity contribution < 1.29 is 14.3 Å². The second kappa shape index (κ2) is 7.82. The molecule has 5 nitrogen and oxygen atoms in total. The molecule has 140 valence electrons. The molecule has 1 aliphatic heterocycles. The van der Waals surface area contributed by atoms with Crippen LogP contribution in [0.2, 0.25) is 0 Å². The zero-order valence-electron chi connectivity index (χ0n) is 15.4. The highest BCUT2D eigenvalue weighted by Crippen LogP contribution is 2.26. The maximum absolute atomic E-state index is 12.2. The van der Waals surface area contributed by atoms with Gasteiger partial charge in [-0.2, -0.15) is 0 Å². The SMILES string of the molecule is O=C(COc1ccc2c(c1)CCCC2)Nc1ccc(N2CCCC2=O)cc1. The number of hydrogen-bond donors (Lipinski definition) is 1. The number of carbonyl (C=O) groups excluding carboxylic acids is 2. The van der Waals surface area contributed by atoms with E-state index in [4.69, 9.17) is 4.74 Å². The summed E-state index contributed by atoms with van der Waals surface area (Å²) in [7, 11) is 0. The van der Waals surface area contributed by atoms with E-state index in [1.807, 2.05) is 30.3 Å². The number of benzene rings is 2. The van der Waals surface area contributed by atoms with Gasteiger partial charge in [-0.1, -0.05) is 6.07 Å². The zero-order chi connectivity index (χ0) is 18.6. The van der Waals surface area contributed by atoms with Crippen molar-refractivity contribution >= 4 is 23.2 Å². The van der Waals surface area contributed by atoms with Crippen LogP contribution in [0.3, 0.4) is 0 Å². The molecule has 0 atom stereocenters. The number of rotatable bonds is 5. The summed E-state index contributed by atoms with van der Waals surface area (Å²) in [5.41, 5.74) is 4.31. The molecule has 1 saturated heterocycles. The molecule has 0 unspecified atom stereocenters. The monoisotopic (exact) mass is 364 g/mol. The first-order valence-electron chi connectivity index (χ1n) is 9.64. The molecule has 1 heterocycles. The zero-order valence-corrected chi connectivity index (χ0v) is 15.4. The highest BCUT2D eigenvalue weighted by molar-refractivity contribution is 5.96. The van der Waals surface area contributed by atoms with Crippen LogP contribution in [0.25, 0.3) is 0 Å². The van der Waals surface area contributed by atoms with Gasteiger partial charge in [0.15, 0.2) is 6.61 Å². The third kappa shape index (κ3) is 4.13. The molecule has 5 heteroatoms. The molecule has 2 aromatic rings. The highest BCUT2D eigenvalue weighted by Gasteiger charge is 2.21. The minimum Gasteiger partial charge on any atom is -0.484 e. The molecule has 4 rings (SSSR count). The van der Waals surface area contributed by atoms with Gasteiger partial charge in [-0.05, 0) is 79.6 Å². The van der Waals surface area contributed by atoms with Gasteiger partial charge >= 0.3 is 0 Å². The third-order valence-corrected chi connectivity index (χ3v) is 5.23. The standard InChI is InChI=1S/C22H24N2O3/c25-21(15-27-20-12-7-16-4-1-2-5-17(16)14-20)23-18-8-10-19(11-9-18)24-13-3-6-22(24)26/h7-12,14H,1-6,13,15H2,(H,23,25). The molecule has 0 aromatic heterocycles. The Morgan fingerprint density at radius 1 is 0.963 bits per heavy atom. The number of hydrogen-bond acceptors (Lipinski definition) is 3. The van der Waals surface area contributed by atoms with Crippen molar-refractivity contribution in [2.75, 3.05) is 23.4 Å². The van der Waals surface area contributed by atoms with Crippen LogP contribution >= 0.6 is 0 Å². The van der Waals surface area contributed by atoms with E-state index in [1.165, 1.54) is 24.0 Å². The van der Waals surface area contributed by atoms with Crippen LogP contribution in [0.5, 0.6) is 5.75 Å². The summed E-state index contributed by atoms with van der Waals surface area (Å²) >= 11 is 0. The van der Waals surface area contributed by atoms with Crippen LogP contribution in [0.15, 0.2) is 42.5 Å². The first-order valence-corrected chi connectivity index (χ1v) is 9.64. The van der Waals surface area contributed by atoms with Gasteiger partial charge in [-0.25, -0.2) is 0 Å². The van der Waals surface area contributed by atoms with Crippen molar-refractivity contribution in [2.24, 2.45) is 0 Å². The van der Waals surface area contributed by atoms with E-state index >= 15 is 0 Å². The van der Waals surface area contributed by atoms with Crippen molar-refractivity contribution in [3.05, 3.63) is 53.6 Å². The summed E-state index contributed by atoms with van der Waals surface area (Å²) in [4.78, 5) is 25.7. The topological polar surface area (TPSA) is 58.6 Å². The number of ether oxygens (including phenoxy) is 1. The lowest BCUT2D eigenvalue weighted by Gasteiger charge is -2.17. The van der Waals surface area contributed by atoms with E-state index in [-0.39, 0.29) is 18.4 Å². The smallest absolute Gasteiger partial charge is 0.262 e. The first kappa shape index (κ1) is 17.6. The molecule has 0 saturated carbocycles. The quantitative estimate of drug-likeness (QED) is 0.880. The fourth-order valence-corrected chi connectivity index (χ4v) is 3.79. The van der Waals surface area contributed by atoms with Crippen LogP contribution in [0, 0.1) is 0 Å². The number of aryl methyl sites for hydroxylation is 2. The Hall–Kier alpha value is -2.82. The van der Waals surface area contributed by atoms with E-state index in [9.17, 15) is 9.59 Å². The summed E-state index contributed by atoms with van der Waals surface area (Å²) < 4.78 is 5.66. The maximum Gasteiger partial charge on any atom is 0.262 e. The fraction of sp³-hybridized carbons (Fsp3) is 0.364. The largest absolute Gasteiger partial charge is 0.484 e. The van der Waals surface area contributed by atoms with Crippen LogP contribution in [-0.2, 0) is 22.4 Å². The fourth-order valence-electron chi connectivity index (χ4n) is 3.79. The lowest BCUT2D eigenvalue weighted by Crippen LogP contribution is -2.23. The number of amides is 2.